The predicted octanol–water partition coefficient (Wildman–Crippen LogP) is 2.80. The van der Waals surface area contributed by atoms with Gasteiger partial charge in [-0.3, -0.25) is 4.79 Å². The molecule has 3 nitrogen and oxygen atoms in total. The number of hydrogen-bond acceptors (Lipinski definition) is 1. The molecule has 0 spiro atoms. The van der Waals surface area contributed by atoms with Crippen LogP contribution in [0.15, 0.2) is 30.5 Å². The third kappa shape index (κ3) is 2.18. The second-order valence-corrected chi connectivity index (χ2v) is 4.47. The van der Waals surface area contributed by atoms with E-state index in [4.69, 9.17) is 0 Å². The van der Waals surface area contributed by atoms with Gasteiger partial charge in [0.15, 0.2) is 0 Å². The molecule has 3 heteroatoms. The van der Waals surface area contributed by atoms with E-state index in [9.17, 15) is 4.79 Å². The minimum absolute atomic E-state index is 0.00315. The van der Waals surface area contributed by atoms with Gasteiger partial charge in [0.2, 0.25) is 0 Å². The van der Waals surface area contributed by atoms with Gasteiger partial charge in [-0.15, -0.1) is 0 Å². The van der Waals surface area contributed by atoms with Crippen LogP contribution in [0.2, 0.25) is 0 Å². The maximum absolute atomic E-state index is 12.1. The molecular formula is C14H18N2O. The Morgan fingerprint density at radius 2 is 2.06 bits per heavy atom. The lowest BCUT2D eigenvalue weighted by Gasteiger charge is -2.06. The van der Waals surface area contributed by atoms with Crippen molar-refractivity contribution in [1.82, 2.24) is 9.88 Å². The maximum atomic E-state index is 12.1. The van der Waals surface area contributed by atoms with Gasteiger partial charge in [-0.25, -0.2) is 0 Å². The van der Waals surface area contributed by atoms with E-state index in [0.29, 0.717) is 0 Å². The van der Waals surface area contributed by atoms with Crippen LogP contribution < -0.4 is 5.32 Å². The normalized spacial score (nSPS) is 11.1. The highest BCUT2D eigenvalue weighted by Gasteiger charge is 2.14. The fraction of sp³-hybridized carbons (Fsp3) is 0.357. The van der Waals surface area contributed by atoms with Crippen molar-refractivity contribution in [2.24, 2.45) is 0 Å². The number of para-hydroxylation sites is 1. The first kappa shape index (κ1) is 11.7. The highest BCUT2D eigenvalue weighted by atomic mass is 16.1. The Bertz CT molecular complexity index is 540. The molecule has 1 amide bonds. The number of carbonyl (C=O) groups excluding carboxylic acids is 1. The molecule has 2 aromatic rings. The first-order valence-corrected chi connectivity index (χ1v) is 6.02. The summed E-state index contributed by atoms with van der Waals surface area (Å²) in [7, 11) is 0. The monoisotopic (exact) mass is 230 g/mol. The standard InChI is InChI=1S/C14H18N2O/c1-4-16-9-12(14(17)15-10(2)3)11-7-5-6-8-13(11)16/h5-10H,4H2,1-3H3,(H,15,17). The van der Waals surface area contributed by atoms with E-state index in [1.165, 1.54) is 0 Å². The van der Waals surface area contributed by atoms with Crippen LogP contribution in [-0.4, -0.2) is 16.5 Å². The van der Waals surface area contributed by atoms with Crippen molar-refractivity contribution in [3.8, 4) is 0 Å². The van der Waals surface area contributed by atoms with Crippen LogP contribution in [0.25, 0.3) is 10.9 Å². The summed E-state index contributed by atoms with van der Waals surface area (Å²) in [5.41, 5.74) is 1.88. The zero-order valence-electron chi connectivity index (χ0n) is 10.5. The molecule has 0 unspecified atom stereocenters. The summed E-state index contributed by atoms with van der Waals surface area (Å²) in [6.07, 6.45) is 1.93. The van der Waals surface area contributed by atoms with Gasteiger partial charge in [-0.1, -0.05) is 18.2 Å². The van der Waals surface area contributed by atoms with E-state index in [2.05, 4.69) is 16.8 Å². The molecule has 17 heavy (non-hydrogen) atoms. The molecule has 0 saturated heterocycles. The van der Waals surface area contributed by atoms with E-state index in [1.54, 1.807) is 0 Å². The van der Waals surface area contributed by atoms with Crippen LogP contribution in [0.1, 0.15) is 31.1 Å². The van der Waals surface area contributed by atoms with Gasteiger partial charge in [0, 0.05) is 29.7 Å². The molecular weight excluding hydrogens is 212 g/mol. The number of aryl methyl sites for hydroxylation is 1. The Labute approximate surface area is 101 Å². The number of fused-ring (bicyclic) bond motifs is 1. The molecule has 0 aliphatic rings. The van der Waals surface area contributed by atoms with Crippen molar-refractivity contribution in [2.45, 2.75) is 33.4 Å². The smallest absolute Gasteiger partial charge is 0.253 e. The molecule has 0 aliphatic carbocycles. The van der Waals surface area contributed by atoms with E-state index >= 15 is 0 Å². The van der Waals surface area contributed by atoms with Crippen molar-refractivity contribution in [1.29, 1.82) is 0 Å². The number of benzene rings is 1. The highest BCUT2D eigenvalue weighted by Crippen LogP contribution is 2.21. The molecule has 0 atom stereocenters. The third-order valence-corrected chi connectivity index (χ3v) is 2.79. The van der Waals surface area contributed by atoms with E-state index in [-0.39, 0.29) is 11.9 Å². The lowest BCUT2D eigenvalue weighted by Crippen LogP contribution is -2.29. The Morgan fingerprint density at radius 3 is 2.71 bits per heavy atom. The number of amides is 1. The number of rotatable bonds is 3. The largest absolute Gasteiger partial charge is 0.350 e. The van der Waals surface area contributed by atoms with E-state index in [0.717, 1.165) is 23.0 Å². The van der Waals surface area contributed by atoms with Crippen LogP contribution in [0.5, 0.6) is 0 Å². The Balaban J connectivity index is 2.50. The molecule has 1 heterocycles. The van der Waals surface area contributed by atoms with Crippen LogP contribution in [0, 0.1) is 0 Å². The molecule has 0 radical (unpaired) electrons. The summed E-state index contributed by atoms with van der Waals surface area (Å²) >= 11 is 0. The van der Waals surface area contributed by atoms with Crippen molar-refractivity contribution in [3.63, 3.8) is 0 Å². The van der Waals surface area contributed by atoms with Crippen LogP contribution in [0.4, 0.5) is 0 Å². The zero-order chi connectivity index (χ0) is 12.4. The van der Waals surface area contributed by atoms with E-state index < -0.39 is 0 Å². The summed E-state index contributed by atoms with van der Waals surface area (Å²) in [6, 6.07) is 8.17. The number of hydrogen-bond donors (Lipinski definition) is 1. The average Bonchev–Trinajstić information content (AvgIpc) is 2.67. The van der Waals surface area contributed by atoms with Crippen molar-refractivity contribution in [3.05, 3.63) is 36.0 Å². The quantitative estimate of drug-likeness (QED) is 0.864. The van der Waals surface area contributed by atoms with Gasteiger partial charge in [0.25, 0.3) is 5.91 Å². The summed E-state index contributed by atoms with van der Waals surface area (Å²) in [6.45, 7) is 6.89. The van der Waals surface area contributed by atoms with Gasteiger partial charge in [-0.05, 0) is 26.8 Å². The second kappa shape index (κ2) is 4.62. The van der Waals surface area contributed by atoms with Gasteiger partial charge >= 0.3 is 0 Å². The van der Waals surface area contributed by atoms with Crippen molar-refractivity contribution >= 4 is 16.8 Å². The van der Waals surface area contributed by atoms with Gasteiger partial charge in [0.05, 0.1) is 5.56 Å². The summed E-state index contributed by atoms with van der Waals surface area (Å²) in [5, 5.41) is 3.96. The average molecular weight is 230 g/mol. The molecule has 2 rings (SSSR count). The van der Waals surface area contributed by atoms with Crippen molar-refractivity contribution in [2.75, 3.05) is 0 Å². The predicted molar refractivity (Wildman–Crippen MR) is 70.2 cm³/mol. The summed E-state index contributed by atoms with van der Waals surface area (Å²) < 4.78 is 2.10. The molecule has 1 aromatic heterocycles. The molecule has 90 valence electrons. The van der Waals surface area contributed by atoms with Crippen molar-refractivity contribution < 1.29 is 4.79 Å². The number of carbonyl (C=O) groups is 1. The number of aromatic nitrogens is 1. The lowest BCUT2D eigenvalue weighted by atomic mass is 10.1. The molecule has 0 fully saturated rings. The van der Waals surface area contributed by atoms with Gasteiger partial charge in [0.1, 0.15) is 0 Å². The SMILES string of the molecule is CCn1cc(C(=O)NC(C)C)c2ccccc21. The Morgan fingerprint density at radius 1 is 1.35 bits per heavy atom. The van der Waals surface area contributed by atoms with E-state index in [1.807, 2.05) is 44.3 Å². The molecule has 0 bridgehead atoms. The molecule has 1 N–H and O–H groups in total. The molecule has 1 aromatic carbocycles. The minimum atomic E-state index is 0.00315. The topological polar surface area (TPSA) is 34.0 Å². The summed E-state index contributed by atoms with van der Waals surface area (Å²) in [4.78, 5) is 12.1. The van der Waals surface area contributed by atoms with Gasteiger partial charge < -0.3 is 9.88 Å². The fourth-order valence-electron chi connectivity index (χ4n) is 2.03. The highest BCUT2D eigenvalue weighted by molar-refractivity contribution is 6.07. The first-order valence-electron chi connectivity index (χ1n) is 6.02. The fourth-order valence-corrected chi connectivity index (χ4v) is 2.03. The van der Waals surface area contributed by atoms with Crippen LogP contribution >= 0.6 is 0 Å². The lowest BCUT2D eigenvalue weighted by molar-refractivity contribution is 0.0944. The maximum Gasteiger partial charge on any atom is 0.253 e. The minimum Gasteiger partial charge on any atom is -0.350 e. The number of nitrogens with zero attached hydrogens (tertiary/aromatic N) is 1. The van der Waals surface area contributed by atoms with Crippen LogP contribution in [-0.2, 0) is 6.54 Å². The molecule has 0 aliphatic heterocycles. The van der Waals surface area contributed by atoms with Gasteiger partial charge in [-0.2, -0.15) is 0 Å². The van der Waals surface area contributed by atoms with Crippen LogP contribution in [0.3, 0.4) is 0 Å². The number of nitrogens with one attached hydrogen (secondary N) is 1. The Kier molecular flexibility index (Phi) is 3.18. The second-order valence-electron chi connectivity index (χ2n) is 4.47. The zero-order valence-corrected chi connectivity index (χ0v) is 10.5. The Hall–Kier alpha value is -1.77. The third-order valence-electron chi connectivity index (χ3n) is 2.79. The first-order chi connectivity index (χ1) is 8.13. The summed E-state index contributed by atoms with van der Waals surface area (Å²) in [5.74, 6) is 0.00315. The molecule has 0 saturated carbocycles.